The van der Waals surface area contributed by atoms with Crippen LogP contribution in [0.15, 0.2) is 30.5 Å². The van der Waals surface area contributed by atoms with Gasteiger partial charge in [-0.3, -0.25) is 4.79 Å². The number of amides is 1. The van der Waals surface area contributed by atoms with Crippen molar-refractivity contribution in [1.29, 1.82) is 0 Å². The van der Waals surface area contributed by atoms with E-state index in [9.17, 15) is 9.90 Å². The zero-order chi connectivity index (χ0) is 13.4. The first kappa shape index (κ1) is 12.2. The fraction of sp³-hybridized carbons (Fsp3) is 0.400. The molecule has 1 unspecified atom stereocenters. The molecule has 1 atom stereocenters. The lowest BCUT2D eigenvalue weighted by Crippen LogP contribution is -2.35. The van der Waals surface area contributed by atoms with E-state index >= 15 is 0 Å². The van der Waals surface area contributed by atoms with E-state index in [0.29, 0.717) is 18.0 Å². The minimum Gasteiger partial charge on any atom is -0.391 e. The largest absolute Gasteiger partial charge is 0.391 e. The highest BCUT2D eigenvalue weighted by molar-refractivity contribution is 6.05. The van der Waals surface area contributed by atoms with Gasteiger partial charge in [-0.25, -0.2) is 0 Å². The molecule has 1 aromatic heterocycles. The second-order valence-corrected chi connectivity index (χ2v) is 5.34. The number of hydrogen-bond donors (Lipinski definition) is 2. The van der Waals surface area contributed by atoms with Crippen LogP contribution < -0.4 is 0 Å². The number of nitrogens with zero attached hydrogens (tertiary/aromatic N) is 1. The van der Waals surface area contributed by atoms with Crippen LogP contribution in [-0.2, 0) is 0 Å². The van der Waals surface area contributed by atoms with Gasteiger partial charge in [0.05, 0.1) is 17.2 Å². The van der Waals surface area contributed by atoms with E-state index in [2.05, 4.69) is 4.98 Å². The number of carbonyl (C=O) groups is 1. The van der Waals surface area contributed by atoms with Crippen molar-refractivity contribution in [3.8, 4) is 0 Å². The lowest BCUT2D eigenvalue weighted by atomic mass is 10.1. The third-order valence-electron chi connectivity index (χ3n) is 3.79. The molecule has 0 aliphatic heterocycles. The van der Waals surface area contributed by atoms with Crippen LogP contribution in [-0.4, -0.2) is 40.6 Å². The zero-order valence-electron chi connectivity index (χ0n) is 11.0. The first-order valence-corrected chi connectivity index (χ1v) is 6.66. The van der Waals surface area contributed by atoms with Gasteiger partial charge in [-0.2, -0.15) is 0 Å². The van der Waals surface area contributed by atoms with Gasteiger partial charge in [-0.15, -0.1) is 0 Å². The van der Waals surface area contributed by atoms with Crippen LogP contribution in [0.4, 0.5) is 0 Å². The molecule has 1 aliphatic carbocycles. The molecule has 4 heteroatoms. The van der Waals surface area contributed by atoms with Crippen LogP contribution in [0.5, 0.6) is 0 Å². The van der Waals surface area contributed by atoms with Crippen LogP contribution in [0.1, 0.15) is 23.2 Å². The van der Waals surface area contributed by atoms with Crippen LogP contribution in [0.3, 0.4) is 0 Å². The molecule has 1 aromatic carbocycles. The average Bonchev–Trinajstić information content (AvgIpc) is 3.15. The number of carbonyl (C=O) groups excluding carboxylic acids is 1. The molecule has 19 heavy (non-hydrogen) atoms. The van der Waals surface area contributed by atoms with Crippen LogP contribution in [0, 0.1) is 5.92 Å². The first-order valence-electron chi connectivity index (χ1n) is 6.66. The number of aromatic amines is 1. The molecule has 2 aromatic rings. The van der Waals surface area contributed by atoms with E-state index < -0.39 is 6.10 Å². The molecule has 1 amide bonds. The summed E-state index contributed by atoms with van der Waals surface area (Å²) in [5.74, 6) is 0.337. The van der Waals surface area contributed by atoms with Crippen molar-refractivity contribution in [2.45, 2.75) is 18.9 Å². The molecule has 0 bridgehead atoms. The molecule has 0 spiro atoms. The quantitative estimate of drug-likeness (QED) is 0.881. The van der Waals surface area contributed by atoms with Gasteiger partial charge in [0.1, 0.15) is 0 Å². The van der Waals surface area contributed by atoms with Crippen LogP contribution in [0.25, 0.3) is 10.9 Å². The summed E-state index contributed by atoms with van der Waals surface area (Å²) in [6.07, 6.45) is 3.60. The standard InChI is InChI=1S/C15H18N2O2/c1-17(9-13(18)10-5-6-10)15(19)12-4-2-3-11-7-8-16-14(11)12/h2-4,7-8,10,13,16,18H,5-6,9H2,1H3. The molecule has 2 N–H and O–H groups in total. The SMILES string of the molecule is CN(CC(O)C1CC1)C(=O)c1cccc2cc[nH]c12. The van der Waals surface area contributed by atoms with Crippen molar-refractivity contribution < 1.29 is 9.90 Å². The highest BCUT2D eigenvalue weighted by Gasteiger charge is 2.31. The molecule has 1 heterocycles. The molecule has 4 nitrogen and oxygen atoms in total. The number of nitrogens with one attached hydrogen (secondary N) is 1. The van der Waals surface area contributed by atoms with Crippen molar-refractivity contribution >= 4 is 16.8 Å². The minimum absolute atomic E-state index is 0.0484. The summed E-state index contributed by atoms with van der Waals surface area (Å²) in [5, 5.41) is 11.0. The molecular formula is C15H18N2O2. The highest BCUT2D eigenvalue weighted by atomic mass is 16.3. The second-order valence-electron chi connectivity index (χ2n) is 5.34. The van der Waals surface area contributed by atoms with Gasteiger partial charge >= 0.3 is 0 Å². The summed E-state index contributed by atoms with van der Waals surface area (Å²) in [6.45, 7) is 0.403. The summed E-state index contributed by atoms with van der Waals surface area (Å²) in [5.41, 5.74) is 1.52. The van der Waals surface area contributed by atoms with E-state index in [-0.39, 0.29) is 5.91 Å². The molecule has 1 aliphatic rings. The van der Waals surface area contributed by atoms with E-state index in [1.54, 1.807) is 11.9 Å². The third kappa shape index (κ3) is 2.36. The van der Waals surface area contributed by atoms with Gasteiger partial charge in [0.15, 0.2) is 0 Å². The average molecular weight is 258 g/mol. The first-order chi connectivity index (χ1) is 9.16. The molecule has 0 radical (unpaired) electrons. The Hall–Kier alpha value is -1.81. The maximum atomic E-state index is 12.4. The summed E-state index contributed by atoms with van der Waals surface area (Å²) in [6, 6.07) is 7.63. The molecule has 0 saturated heterocycles. The predicted molar refractivity (Wildman–Crippen MR) is 74.0 cm³/mol. The highest BCUT2D eigenvalue weighted by Crippen LogP contribution is 2.32. The second kappa shape index (κ2) is 4.70. The van der Waals surface area contributed by atoms with E-state index in [1.165, 1.54) is 0 Å². The number of likely N-dealkylation sites (N-methyl/N-ethyl adjacent to an activating group) is 1. The fourth-order valence-electron chi connectivity index (χ4n) is 2.46. The van der Waals surface area contributed by atoms with Crippen molar-refractivity contribution in [3.63, 3.8) is 0 Å². The van der Waals surface area contributed by atoms with Gasteiger partial charge in [0.25, 0.3) is 5.91 Å². The topological polar surface area (TPSA) is 56.3 Å². The summed E-state index contributed by atoms with van der Waals surface area (Å²) >= 11 is 0. The maximum Gasteiger partial charge on any atom is 0.255 e. The normalized spacial score (nSPS) is 16.5. The van der Waals surface area contributed by atoms with E-state index in [4.69, 9.17) is 0 Å². The van der Waals surface area contributed by atoms with Crippen molar-refractivity contribution in [3.05, 3.63) is 36.0 Å². The number of H-pyrrole nitrogens is 1. The molecule has 100 valence electrons. The number of para-hydroxylation sites is 1. The Morgan fingerprint density at radius 3 is 3.00 bits per heavy atom. The monoisotopic (exact) mass is 258 g/mol. The summed E-state index contributed by atoms with van der Waals surface area (Å²) in [4.78, 5) is 17.1. The van der Waals surface area contributed by atoms with Crippen molar-refractivity contribution in [1.82, 2.24) is 9.88 Å². The Morgan fingerprint density at radius 2 is 2.26 bits per heavy atom. The van der Waals surface area contributed by atoms with E-state index in [1.807, 2.05) is 30.5 Å². The summed E-state index contributed by atoms with van der Waals surface area (Å²) in [7, 11) is 1.75. The predicted octanol–water partition coefficient (Wildman–Crippen LogP) is 2.01. The lowest BCUT2D eigenvalue weighted by molar-refractivity contribution is 0.0647. The number of aromatic nitrogens is 1. The van der Waals surface area contributed by atoms with Gasteiger partial charge in [0.2, 0.25) is 0 Å². The van der Waals surface area contributed by atoms with Gasteiger partial charge in [-0.1, -0.05) is 12.1 Å². The Labute approximate surface area is 112 Å². The molecule has 3 rings (SSSR count). The number of benzene rings is 1. The van der Waals surface area contributed by atoms with Crippen molar-refractivity contribution in [2.24, 2.45) is 5.92 Å². The number of hydrogen-bond acceptors (Lipinski definition) is 2. The van der Waals surface area contributed by atoms with Gasteiger partial charge in [-0.05, 0) is 30.9 Å². The maximum absolute atomic E-state index is 12.4. The third-order valence-corrected chi connectivity index (χ3v) is 3.79. The Morgan fingerprint density at radius 1 is 1.47 bits per heavy atom. The number of aliphatic hydroxyl groups is 1. The van der Waals surface area contributed by atoms with Gasteiger partial charge < -0.3 is 15.0 Å². The Balaban J connectivity index is 1.80. The molecular weight excluding hydrogens is 240 g/mol. The summed E-state index contributed by atoms with van der Waals surface area (Å²) < 4.78 is 0. The van der Waals surface area contributed by atoms with Crippen LogP contribution in [0.2, 0.25) is 0 Å². The van der Waals surface area contributed by atoms with Crippen LogP contribution >= 0.6 is 0 Å². The zero-order valence-corrected chi connectivity index (χ0v) is 11.0. The Kier molecular flexibility index (Phi) is 3.03. The molecule has 1 saturated carbocycles. The Bertz CT molecular complexity index is 601. The number of fused-ring (bicyclic) bond motifs is 1. The fourth-order valence-corrected chi connectivity index (χ4v) is 2.46. The van der Waals surface area contributed by atoms with Crippen molar-refractivity contribution in [2.75, 3.05) is 13.6 Å². The van der Waals surface area contributed by atoms with Gasteiger partial charge in [0, 0.05) is 25.2 Å². The minimum atomic E-state index is -0.392. The number of rotatable bonds is 4. The lowest BCUT2D eigenvalue weighted by Gasteiger charge is -2.21. The van der Waals surface area contributed by atoms with E-state index in [0.717, 1.165) is 23.7 Å². The number of aliphatic hydroxyl groups excluding tert-OH is 1. The molecule has 1 fully saturated rings. The smallest absolute Gasteiger partial charge is 0.255 e.